The Labute approximate surface area is 128 Å². The lowest BCUT2D eigenvalue weighted by Crippen LogP contribution is -2.41. The number of hydrogen-bond acceptors (Lipinski definition) is 2. The van der Waals surface area contributed by atoms with Gasteiger partial charge >= 0.3 is 0 Å². The summed E-state index contributed by atoms with van der Waals surface area (Å²) in [6.07, 6.45) is 0. The number of carbonyl (C=O) groups excluding carboxylic acids is 2. The maximum atomic E-state index is 11.9. The van der Waals surface area contributed by atoms with Gasteiger partial charge in [0.05, 0.1) is 5.69 Å². The van der Waals surface area contributed by atoms with Crippen LogP contribution in [0.2, 0.25) is 0 Å². The van der Waals surface area contributed by atoms with Gasteiger partial charge in [-0.05, 0) is 46.5 Å². The lowest BCUT2D eigenvalue weighted by atomic mass is 10.2. The Hall–Kier alpha value is -1.36. The van der Waals surface area contributed by atoms with E-state index in [1.54, 1.807) is 0 Å². The molecule has 0 heterocycles. The van der Waals surface area contributed by atoms with Crippen molar-refractivity contribution in [3.8, 4) is 0 Å². The van der Waals surface area contributed by atoms with Crippen molar-refractivity contribution < 1.29 is 9.59 Å². The summed E-state index contributed by atoms with van der Waals surface area (Å²) in [6, 6.07) is 5.69. The van der Waals surface area contributed by atoms with Crippen LogP contribution in [0.1, 0.15) is 26.3 Å². The van der Waals surface area contributed by atoms with Crippen molar-refractivity contribution in [2.45, 2.75) is 27.7 Å². The maximum Gasteiger partial charge on any atom is 0.240 e. The van der Waals surface area contributed by atoms with E-state index in [0.717, 1.165) is 10.0 Å². The lowest BCUT2D eigenvalue weighted by molar-refractivity contribution is -0.123. The van der Waals surface area contributed by atoms with Gasteiger partial charge in [-0.25, -0.2) is 0 Å². The molecule has 1 N–H and O–H groups in total. The van der Waals surface area contributed by atoms with Crippen molar-refractivity contribution >= 4 is 33.4 Å². The number of amides is 2. The summed E-state index contributed by atoms with van der Waals surface area (Å²) in [5.74, 6) is 0.0754. The summed E-state index contributed by atoms with van der Waals surface area (Å²) in [7, 11) is 0. The zero-order valence-electron chi connectivity index (χ0n) is 12.4. The third-order valence-corrected chi connectivity index (χ3v) is 3.42. The highest BCUT2D eigenvalue weighted by molar-refractivity contribution is 9.10. The third kappa shape index (κ3) is 4.96. The minimum absolute atomic E-state index is 0.0315. The molecule has 0 unspecified atom stereocenters. The molecular weight excluding hydrogens is 320 g/mol. The molecule has 1 aromatic rings. The molecule has 0 saturated heterocycles. The van der Waals surface area contributed by atoms with Gasteiger partial charge in [0.15, 0.2) is 0 Å². The zero-order chi connectivity index (χ0) is 15.3. The zero-order valence-corrected chi connectivity index (χ0v) is 14.0. The molecule has 4 nitrogen and oxygen atoms in total. The summed E-state index contributed by atoms with van der Waals surface area (Å²) in [4.78, 5) is 25.1. The van der Waals surface area contributed by atoms with Gasteiger partial charge in [0.2, 0.25) is 11.8 Å². The van der Waals surface area contributed by atoms with Crippen molar-refractivity contribution in [1.29, 1.82) is 0 Å². The van der Waals surface area contributed by atoms with Gasteiger partial charge in [0, 0.05) is 17.9 Å². The second-order valence-corrected chi connectivity index (χ2v) is 6.11. The smallest absolute Gasteiger partial charge is 0.240 e. The average molecular weight is 341 g/mol. The number of benzene rings is 1. The van der Waals surface area contributed by atoms with E-state index in [2.05, 4.69) is 21.2 Å². The predicted octanol–water partition coefficient (Wildman–Crippen LogP) is 2.88. The SMILES string of the molecule is CC(=O)N(CC(=O)NCC(C)C)c1ccc(C)cc1Br. The largest absolute Gasteiger partial charge is 0.354 e. The van der Waals surface area contributed by atoms with Gasteiger partial charge in [-0.15, -0.1) is 0 Å². The van der Waals surface area contributed by atoms with E-state index in [-0.39, 0.29) is 18.4 Å². The van der Waals surface area contributed by atoms with Crippen LogP contribution >= 0.6 is 15.9 Å². The van der Waals surface area contributed by atoms with E-state index in [1.165, 1.54) is 11.8 Å². The second kappa shape index (κ2) is 7.43. The molecule has 110 valence electrons. The minimum Gasteiger partial charge on any atom is -0.354 e. The summed E-state index contributed by atoms with van der Waals surface area (Å²) in [5, 5.41) is 2.82. The monoisotopic (exact) mass is 340 g/mol. The fourth-order valence-corrected chi connectivity index (χ4v) is 2.42. The van der Waals surface area contributed by atoms with Crippen LogP contribution < -0.4 is 10.2 Å². The number of anilines is 1. The highest BCUT2D eigenvalue weighted by Gasteiger charge is 2.18. The second-order valence-electron chi connectivity index (χ2n) is 5.26. The van der Waals surface area contributed by atoms with Crippen LogP contribution in [0.4, 0.5) is 5.69 Å². The van der Waals surface area contributed by atoms with E-state index >= 15 is 0 Å². The topological polar surface area (TPSA) is 49.4 Å². The quantitative estimate of drug-likeness (QED) is 0.895. The first-order valence-electron chi connectivity index (χ1n) is 6.62. The summed E-state index contributed by atoms with van der Waals surface area (Å²) in [5.41, 5.74) is 1.80. The van der Waals surface area contributed by atoms with Gasteiger partial charge in [-0.2, -0.15) is 0 Å². The van der Waals surface area contributed by atoms with Crippen molar-refractivity contribution in [3.05, 3.63) is 28.2 Å². The molecule has 0 saturated carbocycles. The van der Waals surface area contributed by atoms with Crippen molar-refractivity contribution in [2.24, 2.45) is 5.92 Å². The summed E-state index contributed by atoms with van der Waals surface area (Å²) < 4.78 is 0.810. The van der Waals surface area contributed by atoms with Gasteiger partial charge in [-0.3, -0.25) is 9.59 Å². The van der Waals surface area contributed by atoms with Gasteiger partial charge in [-0.1, -0.05) is 19.9 Å². The summed E-state index contributed by atoms with van der Waals surface area (Å²) >= 11 is 3.44. The molecule has 0 aliphatic heterocycles. The number of aryl methyl sites for hydroxylation is 1. The summed E-state index contributed by atoms with van der Waals surface area (Å²) in [6.45, 7) is 8.13. The Morgan fingerprint density at radius 1 is 1.35 bits per heavy atom. The van der Waals surface area contributed by atoms with Crippen LogP contribution in [0.25, 0.3) is 0 Å². The number of halogens is 1. The molecule has 1 aromatic carbocycles. The highest BCUT2D eigenvalue weighted by Crippen LogP contribution is 2.27. The third-order valence-electron chi connectivity index (χ3n) is 2.78. The van der Waals surface area contributed by atoms with Gasteiger partial charge < -0.3 is 10.2 Å². The molecule has 0 aliphatic rings. The lowest BCUT2D eigenvalue weighted by Gasteiger charge is -2.22. The van der Waals surface area contributed by atoms with Crippen molar-refractivity contribution in [2.75, 3.05) is 18.0 Å². The molecule has 0 aromatic heterocycles. The predicted molar refractivity (Wildman–Crippen MR) is 84.8 cm³/mol. The first-order chi connectivity index (χ1) is 9.31. The Kier molecular flexibility index (Phi) is 6.20. The minimum atomic E-state index is -0.158. The molecule has 5 heteroatoms. The average Bonchev–Trinajstić information content (AvgIpc) is 2.34. The number of carbonyl (C=O) groups is 2. The Bertz CT molecular complexity index is 501. The molecule has 20 heavy (non-hydrogen) atoms. The van der Waals surface area contributed by atoms with E-state index in [0.29, 0.717) is 18.2 Å². The van der Waals surface area contributed by atoms with E-state index in [1.807, 2.05) is 39.0 Å². The Morgan fingerprint density at radius 3 is 2.50 bits per heavy atom. The number of hydrogen-bond donors (Lipinski definition) is 1. The first-order valence-corrected chi connectivity index (χ1v) is 7.41. The van der Waals surface area contributed by atoms with Crippen molar-refractivity contribution in [3.63, 3.8) is 0 Å². The molecule has 0 fully saturated rings. The number of rotatable bonds is 5. The van der Waals surface area contributed by atoms with E-state index in [9.17, 15) is 9.59 Å². The van der Waals surface area contributed by atoms with Gasteiger partial charge in [0.1, 0.15) is 6.54 Å². The molecular formula is C15H21BrN2O2. The molecule has 0 bridgehead atoms. The molecule has 2 amide bonds. The fourth-order valence-electron chi connectivity index (χ4n) is 1.71. The number of nitrogens with zero attached hydrogens (tertiary/aromatic N) is 1. The Balaban J connectivity index is 2.84. The van der Waals surface area contributed by atoms with Gasteiger partial charge in [0.25, 0.3) is 0 Å². The molecule has 1 rings (SSSR count). The fraction of sp³-hybridized carbons (Fsp3) is 0.467. The highest BCUT2D eigenvalue weighted by atomic mass is 79.9. The molecule has 0 atom stereocenters. The van der Waals surface area contributed by atoms with Crippen LogP contribution in [-0.2, 0) is 9.59 Å². The van der Waals surface area contributed by atoms with Crippen LogP contribution in [0.3, 0.4) is 0 Å². The normalized spacial score (nSPS) is 10.5. The van der Waals surface area contributed by atoms with Crippen LogP contribution in [0.5, 0.6) is 0 Å². The van der Waals surface area contributed by atoms with E-state index < -0.39 is 0 Å². The first kappa shape index (κ1) is 16.7. The maximum absolute atomic E-state index is 11.9. The molecule has 0 aliphatic carbocycles. The standard InChI is InChI=1S/C15H21BrN2O2/c1-10(2)8-17-15(20)9-18(12(4)19)14-6-5-11(3)7-13(14)16/h5-7,10H,8-9H2,1-4H3,(H,17,20). The van der Waals surface area contributed by atoms with Crippen LogP contribution in [0.15, 0.2) is 22.7 Å². The number of nitrogens with one attached hydrogen (secondary N) is 1. The van der Waals surface area contributed by atoms with Crippen molar-refractivity contribution in [1.82, 2.24) is 5.32 Å². The van der Waals surface area contributed by atoms with Crippen LogP contribution in [-0.4, -0.2) is 24.9 Å². The van der Waals surface area contributed by atoms with E-state index in [4.69, 9.17) is 0 Å². The van der Waals surface area contributed by atoms with Crippen LogP contribution in [0, 0.1) is 12.8 Å². The molecule has 0 radical (unpaired) electrons. The molecule has 0 spiro atoms. The Morgan fingerprint density at radius 2 is 2.00 bits per heavy atom.